The molecule has 2 aromatic carbocycles. The van der Waals surface area contributed by atoms with Crippen molar-refractivity contribution >= 4 is 5.91 Å². The molecule has 1 unspecified atom stereocenters. The van der Waals surface area contributed by atoms with Crippen LogP contribution in [0.2, 0.25) is 0 Å². The highest BCUT2D eigenvalue weighted by Gasteiger charge is 2.11. The zero-order valence-corrected chi connectivity index (χ0v) is 12.9. The lowest BCUT2D eigenvalue weighted by atomic mass is 10.0. The molecule has 4 heteroatoms. The first-order valence-electron chi connectivity index (χ1n) is 7.23. The molecule has 0 saturated carbocycles. The van der Waals surface area contributed by atoms with Gasteiger partial charge in [-0.05, 0) is 35.7 Å². The predicted octanol–water partition coefficient (Wildman–Crippen LogP) is 2.40. The van der Waals surface area contributed by atoms with Gasteiger partial charge in [0.05, 0.1) is 19.6 Å². The first-order valence-corrected chi connectivity index (χ1v) is 7.23. The molecule has 1 atom stereocenters. The number of nitrogens with one attached hydrogen (secondary N) is 1. The SMILES string of the molecule is COc1cccc(CC(=O)NCC(O)c2ccccc2C)c1. The van der Waals surface area contributed by atoms with Crippen LogP contribution in [0.15, 0.2) is 48.5 Å². The largest absolute Gasteiger partial charge is 0.497 e. The molecule has 0 aliphatic carbocycles. The second-order valence-corrected chi connectivity index (χ2v) is 5.20. The quantitative estimate of drug-likeness (QED) is 0.861. The lowest BCUT2D eigenvalue weighted by Crippen LogP contribution is -2.29. The predicted molar refractivity (Wildman–Crippen MR) is 85.8 cm³/mol. The van der Waals surface area contributed by atoms with Crippen molar-refractivity contribution in [3.8, 4) is 5.75 Å². The molecule has 0 aliphatic heterocycles. The highest BCUT2D eigenvalue weighted by Crippen LogP contribution is 2.16. The van der Waals surface area contributed by atoms with Crippen LogP contribution >= 0.6 is 0 Å². The third kappa shape index (κ3) is 4.33. The molecule has 0 bridgehead atoms. The summed E-state index contributed by atoms with van der Waals surface area (Å²) in [6.45, 7) is 2.14. The monoisotopic (exact) mass is 299 g/mol. The van der Waals surface area contributed by atoms with Crippen LogP contribution in [-0.4, -0.2) is 24.7 Å². The molecule has 2 N–H and O–H groups in total. The van der Waals surface area contributed by atoms with Gasteiger partial charge in [0.15, 0.2) is 0 Å². The maximum absolute atomic E-state index is 12.0. The zero-order chi connectivity index (χ0) is 15.9. The Kier molecular flexibility index (Phi) is 5.55. The summed E-state index contributed by atoms with van der Waals surface area (Å²) in [7, 11) is 1.59. The molecule has 0 fully saturated rings. The van der Waals surface area contributed by atoms with Gasteiger partial charge in [0.1, 0.15) is 5.75 Å². The number of ether oxygens (including phenoxy) is 1. The van der Waals surface area contributed by atoms with Gasteiger partial charge >= 0.3 is 0 Å². The van der Waals surface area contributed by atoms with Gasteiger partial charge in [0, 0.05) is 6.54 Å². The lowest BCUT2D eigenvalue weighted by molar-refractivity contribution is -0.120. The summed E-state index contributed by atoms with van der Waals surface area (Å²) < 4.78 is 5.13. The van der Waals surface area contributed by atoms with Crippen molar-refractivity contribution < 1.29 is 14.6 Å². The first kappa shape index (κ1) is 16.0. The maximum atomic E-state index is 12.0. The third-order valence-corrected chi connectivity index (χ3v) is 3.54. The summed E-state index contributed by atoms with van der Waals surface area (Å²) in [6.07, 6.45) is -0.437. The van der Waals surface area contributed by atoms with Gasteiger partial charge in [-0.25, -0.2) is 0 Å². The highest BCUT2D eigenvalue weighted by atomic mass is 16.5. The van der Waals surface area contributed by atoms with E-state index in [9.17, 15) is 9.90 Å². The molecular formula is C18H21NO3. The van der Waals surface area contributed by atoms with Crippen molar-refractivity contribution in [1.82, 2.24) is 5.32 Å². The molecule has 0 aliphatic rings. The second kappa shape index (κ2) is 7.61. The maximum Gasteiger partial charge on any atom is 0.224 e. The summed E-state index contributed by atoms with van der Waals surface area (Å²) in [5, 5.41) is 12.9. The molecule has 0 radical (unpaired) electrons. The standard InChI is InChI=1S/C18H21NO3/c1-13-6-3-4-9-16(13)17(20)12-19-18(21)11-14-7-5-8-15(10-14)22-2/h3-10,17,20H,11-12H2,1-2H3,(H,19,21). The fraction of sp³-hybridized carbons (Fsp3) is 0.278. The summed E-state index contributed by atoms with van der Waals surface area (Å²) in [5.74, 6) is 0.603. The smallest absolute Gasteiger partial charge is 0.224 e. The summed E-state index contributed by atoms with van der Waals surface area (Å²) in [5.41, 5.74) is 2.73. The van der Waals surface area contributed by atoms with E-state index in [2.05, 4.69) is 5.32 Å². The molecular weight excluding hydrogens is 278 g/mol. The van der Waals surface area contributed by atoms with Crippen molar-refractivity contribution in [2.24, 2.45) is 0 Å². The minimum Gasteiger partial charge on any atom is -0.497 e. The molecule has 4 nitrogen and oxygen atoms in total. The van der Waals surface area contributed by atoms with E-state index in [1.165, 1.54) is 0 Å². The topological polar surface area (TPSA) is 58.6 Å². The minimum atomic E-state index is -0.699. The van der Waals surface area contributed by atoms with E-state index in [1.807, 2.05) is 55.5 Å². The number of methoxy groups -OCH3 is 1. The second-order valence-electron chi connectivity index (χ2n) is 5.20. The van der Waals surface area contributed by atoms with Gasteiger partial charge in [-0.1, -0.05) is 36.4 Å². The molecule has 0 spiro atoms. The Hall–Kier alpha value is -2.33. The number of carbonyl (C=O) groups is 1. The van der Waals surface area contributed by atoms with Gasteiger partial charge in [-0.15, -0.1) is 0 Å². The normalized spacial score (nSPS) is 11.8. The van der Waals surface area contributed by atoms with Gasteiger partial charge < -0.3 is 15.2 Å². The van der Waals surface area contributed by atoms with Crippen LogP contribution < -0.4 is 10.1 Å². The Bertz CT molecular complexity index is 640. The Balaban J connectivity index is 1.88. The average molecular weight is 299 g/mol. The van der Waals surface area contributed by atoms with Crippen molar-refractivity contribution in [2.45, 2.75) is 19.4 Å². The lowest BCUT2D eigenvalue weighted by Gasteiger charge is -2.14. The van der Waals surface area contributed by atoms with Crippen LogP contribution in [0.25, 0.3) is 0 Å². The number of hydrogen-bond acceptors (Lipinski definition) is 3. The number of aryl methyl sites for hydroxylation is 1. The number of benzene rings is 2. The van der Waals surface area contributed by atoms with Crippen LogP contribution in [0.5, 0.6) is 5.75 Å². The Labute approximate surface area is 130 Å². The zero-order valence-electron chi connectivity index (χ0n) is 12.9. The van der Waals surface area contributed by atoms with Crippen molar-refractivity contribution in [3.63, 3.8) is 0 Å². The van der Waals surface area contributed by atoms with E-state index in [4.69, 9.17) is 4.74 Å². The van der Waals surface area contributed by atoms with Gasteiger partial charge in [-0.2, -0.15) is 0 Å². The number of carbonyl (C=O) groups excluding carboxylic acids is 1. The number of aliphatic hydroxyl groups is 1. The molecule has 116 valence electrons. The van der Waals surface area contributed by atoms with E-state index in [1.54, 1.807) is 7.11 Å². The van der Waals surface area contributed by atoms with Crippen LogP contribution in [0.3, 0.4) is 0 Å². The molecule has 0 saturated heterocycles. The first-order chi connectivity index (χ1) is 10.6. The van der Waals surface area contributed by atoms with Crippen LogP contribution in [-0.2, 0) is 11.2 Å². The molecule has 22 heavy (non-hydrogen) atoms. The van der Waals surface area contributed by atoms with E-state index in [0.29, 0.717) is 0 Å². The number of hydrogen-bond donors (Lipinski definition) is 2. The fourth-order valence-electron chi connectivity index (χ4n) is 2.31. The van der Waals surface area contributed by atoms with Crippen LogP contribution in [0, 0.1) is 6.92 Å². The van der Waals surface area contributed by atoms with Gasteiger partial charge in [-0.3, -0.25) is 4.79 Å². The highest BCUT2D eigenvalue weighted by molar-refractivity contribution is 5.78. The Morgan fingerprint density at radius 3 is 2.73 bits per heavy atom. The van der Waals surface area contributed by atoms with Crippen molar-refractivity contribution in [1.29, 1.82) is 0 Å². The average Bonchev–Trinajstić information content (AvgIpc) is 2.53. The Morgan fingerprint density at radius 2 is 2.00 bits per heavy atom. The van der Waals surface area contributed by atoms with E-state index < -0.39 is 6.10 Å². The molecule has 0 heterocycles. The number of amides is 1. The molecule has 1 amide bonds. The minimum absolute atomic E-state index is 0.124. The fourth-order valence-corrected chi connectivity index (χ4v) is 2.31. The Morgan fingerprint density at radius 1 is 1.23 bits per heavy atom. The summed E-state index contributed by atoms with van der Waals surface area (Å²) in [4.78, 5) is 12.0. The third-order valence-electron chi connectivity index (χ3n) is 3.54. The molecule has 0 aromatic heterocycles. The van der Waals surface area contributed by atoms with Gasteiger partial charge in [0.25, 0.3) is 0 Å². The van der Waals surface area contributed by atoms with Crippen LogP contribution in [0.4, 0.5) is 0 Å². The van der Waals surface area contributed by atoms with E-state index in [-0.39, 0.29) is 18.9 Å². The molecule has 2 aromatic rings. The number of aliphatic hydroxyl groups excluding tert-OH is 1. The van der Waals surface area contributed by atoms with E-state index >= 15 is 0 Å². The van der Waals surface area contributed by atoms with Crippen LogP contribution in [0.1, 0.15) is 22.8 Å². The van der Waals surface area contributed by atoms with Crippen molar-refractivity contribution in [3.05, 3.63) is 65.2 Å². The van der Waals surface area contributed by atoms with Gasteiger partial charge in [0.2, 0.25) is 5.91 Å². The van der Waals surface area contributed by atoms with Crippen molar-refractivity contribution in [2.75, 3.05) is 13.7 Å². The van der Waals surface area contributed by atoms with E-state index in [0.717, 1.165) is 22.4 Å². The summed E-state index contributed by atoms with van der Waals surface area (Å²) in [6, 6.07) is 15.0. The summed E-state index contributed by atoms with van der Waals surface area (Å²) >= 11 is 0. The molecule has 2 rings (SSSR count). The number of rotatable bonds is 6.